The molecule has 0 saturated heterocycles. The Morgan fingerprint density at radius 1 is 1.44 bits per heavy atom. The van der Waals surface area contributed by atoms with Gasteiger partial charge in [-0.3, -0.25) is 4.79 Å². The molecule has 0 atom stereocenters. The van der Waals surface area contributed by atoms with Gasteiger partial charge < -0.3 is 10.2 Å². The molecule has 1 aliphatic carbocycles. The van der Waals surface area contributed by atoms with Crippen molar-refractivity contribution < 1.29 is 15.0 Å². The molecule has 1 saturated carbocycles. The van der Waals surface area contributed by atoms with Gasteiger partial charge in [-0.15, -0.1) is 0 Å². The quantitative estimate of drug-likeness (QED) is 0.818. The topological polar surface area (TPSA) is 57.5 Å². The summed E-state index contributed by atoms with van der Waals surface area (Å²) in [4.78, 5) is 10.7. The van der Waals surface area contributed by atoms with Gasteiger partial charge in [-0.05, 0) is 30.4 Å². The van der Waals surface area contributed by atoms with E-state index in [1.807, 2.05) is 31.2 Å². The molecule has 2 rings (SSSR count). The van der Waals surface area contributed by atoms with Gasteiger partial charge in [0.05, 0.1) is 11.5 Å². The molecule has 1 aromatic carbocycles. The van der Waals surface area contributed by atoms with Crippen molar-refractivity contribution in [1.82, 2.24) is 0 Å². The summed E-state index contributed by atoms with van der Waals surface area (Å²) < 4.78 is 0. The molecule has 0 unspecified atom stereocenters. The molecule has 1 aliphatic rings. The van der Waals surface area contributed by atoms with Crippen molar-refractivity contribution in [2.24, 2.45) is 5.92 Å². The molecule has 0 radical (unpaired) electrons. The number of aliphatic hydroxyl groups is 1. The predicted molar refractivity (Wildman–Crippen MR) is 60.1 cm³/mol. The summed E-state index contributed by atoms with van der Waals surface area (Å²) in [6.07, 6.45) is 1.52. The fourth-order valence-electron chi connectivity index (χ4n) is 2.43. The molecule has 0 aliphatic heterocycles. The van der Waals surface area contributed by atoms with Crippen molar-refractivity contribution in [3.8, 4) is 0 Å². The molecule has 0 amide bonds. The zero-order chi connectivity index (χ0) is 11.8. The van der Waals surface area contributed by atoms with Gasteiger partial charge in [0.25, 0.3) is 0 Å². The molecule has 1 fully saturated rings. The first-order valence-electron chi connectivity index (χ1n) is 5.60. The number of rotatable bonds is 3. The highest BCUT2D eigenvalue weighted by atomic mass is 16.4. The van der Waals surface area contributed by atoms with Crippen LogP contribution in [0.1, 0.15) is 30.9 Å². The summed E-state index contributed by atoms with van der Waals surface area (Å²) in [6.45, 7) is 2.04. The Morgan fingerprint density at radius 3 is 2.62 bits per heavy atom. The molecule has 3 nitrogen and oxygen atoms in total. The van der Waals surface area contributed by atoms with Crippen LogP contribution in [0.15, 0.2) is 24.3 Å². The van der Waals surface area contributed by atoms with Crippen molar-refractivity contribution >= 4 is 5.97 Å². The van der Waals surface area contributed by atoms with Crippen LogP contribution in [0.25, 0.3) is 0 Å². The number of carbonyl (C=O) groups is 1. The highest BCUT2D eigenvalue weighted by Gasteiger charge is 2.48. The fourth-order valence-corrected chi connectivity index (χ4v) is 2.43. The van der Waals surface area contributed by atoms with Crippen molar-refractivity contribution in [3.05, 3.63) is 35.4 Å². The Balaban J connectivity index is 2.23. The summed E-state index contributed by atoms with van der Waals surface area (Å²) in [5, 5.41) is 19.2. The van der Waals surface area contributed by atoms with Gasteiger partial charge in [-0.1, -0.05) is 31.2 Å². The summed E-state index contributed by atoms with van der Waals surface area (Å²) in [6, 6.07) is 7.72. The van der Waals surface area contributed by atoms with Crippen LogP contribution < -0.4 is 0 Å². The number of benzene rings is 1. The Hall–Kier alpha value is -1.35. The monoisotopic (exact) mass is 220 g/mol. The number of aliphatic carboxylic acids is 1. The lowest BCUT2D eigenvalue weighted by Crippen LogP contribution is -2.45. The standard InChI is InChI=1S/C13H16O3/c1-2-9-5-3-4-6-11(9)13(16)7-10(8-13)12(14)15/h3-6,10,16H,2,7-8H2,1H3,(H,14,15). The van der Waals surface area contributed by atoms with Gasteiger partial charge >= 0.3 is 5.97 Å². The second-order valence-corrected chi connectivity index (χ2v) is 4.49. The van der Waals surface area contributed by atoms with E-state index in [9.17, 15) is 9.90 Å². The third-order valence-corrected chi connectivity index (χ3v) is 3.42. The summed E-state index contributed by atoms with van der Waals surface area (Å²) in [5.41, 5.74) is 1.08. The molecule has 0 spiro atoms. The minimum Gasteiger partial charge on any atom is -0.481 e. The maximum absolute atomic E-state index is 10.7. The number of hydrogen-bond donors (Lipinski definition) is 2. The number of carboxylic acid groups (broad SMARTS) is 1. The van der Waals surface area contributed by atoms with Crippen LogP contribution in [0.2, 0.25) is 0 Å². The van der Waals surface area contributed by atoms with E-state index in [-0.39, 0.29) is 0 Å². The Labute approximate surface area is 94.7 Å². The first-order valence-corrected chi connectivity index (χ1v) is 5.60. The average Bonchev–Trinajstić information content (AvgIpc) is 2.24. The molecule has 16 heavy (non-hydrogen) atoms. The summed E-state index contributed by atoms with van der Waals surface area (Å²) >= 11 is 0. The van der Waals surface area contributed by atoms with Crippen molar-refractivity contribution in [2.45, 2.75) is 31.8 Å². The van der Waals surface area contributed by atoms with Gasteiger partial charge in [-0.2, -0.15) is 0 Å². The Bertz CT molecular complexity index is 405. The highest BCUT2D eigenvalue weighted by molar-refractivity contribution is 5.72. The molecule has 3 heteroatoms. The van der Waals surface area contributed by atoms with E-state index in [4.69, 9.17) is 5.11 Å². The maximum Gasteiger partial charge on any atom is 0.306 e. The van der Waals surface area contributed by atoms with Crippen LogP contribution >= 0.6 is 0 Å². The second-order valence-electron chi connectivity index (χ2n) is 4.49. The van der Waals surface area contributed by atoms with E-state index >= 15 is 0 Å². The van der Waals surface area contributed by atoms with Crippen LogP contribution in [0.3, 0.4) is 0 Å². The van der Waals surface area contributed by atoms with Gasteiger partial charge in [-0.25, -0.2) is 0 Å². The van der Waals surface area contributed by atoms with E-state index in [0.29, 0.717) is 12.8 Å². The predicted octanol–water partition coefficient (Wildman–Crippen LogP) is 1.93. The third kappa shape index (κ3) is 1.71. The normalized spacial score (nSPS) is 28.5. The largest absolute Gasteiger partial charge is 0.481 e. The lowest BCUT2D eigenvalue weighted by molar-refractivity contribution is -0.159. The molecule has 0 bridgehead atoms. The van der Waals surface area contributed by atoms with Crippen LogP contribution in [-0.2, 0) is 16.8 Å². The molecular weight excluding hydrogens is 204 g/mol. The van der Waals surface area contributed by atoms with E-state index < -0.39 is 17.5 Å². The first-order chi connectivity index (χ1) is 7.57. The lowest BCUT2D eigenvalue weighted by atomic mass is 9.66. The zero-order valence-electron chi connectivity index (χ0n) is 9.31. The van der Waals surface area contributed by atoms with Gasteiger partial charge in [0.15, 0.2) is 0 Å². The Kier molecular flexibility index (Phi) is 2.72. The van der Waals surface area contributed by atoms with Gasteiger partial charge in [0.2, 0.25) is 0 Å². The zero-order valence-corrected chi connectivity index (χ0v) is 9.31. The SMILES string of the molecule is CCc1ccccc1C1(O)CC(C(=O)O)C1. The second kappa shape index (κ2) is 3.91. The smallest absolute Gasteiger partial charge is 0.306 e. The van der Waals surface area contributed by atoms with Crippen LogP contribution in [0.5, 0.6) is 0 Å². The van der Waals surface area contributed by atoms with E-state index in [0.717, 1.165) is 17.5 Å². The van der Waals surface area contributed by atoms with Crippen LogP contribution in [-0.4, -0.2) is 16.2 Å². The van der Waals surface area contributed by atoms with Crippen molar-refractivity contribution in [3.63, 3.8) is 0 Å². The van der Waals surface area contributed by atoms with E-state index in [2.05, 4.69) is 0 Å². The molecule has 1 aromatic rings. The van der Waals surface area contributed by atoms with Crippen LogP contribution in [0.4, 0.5) is 0 Å². The van der Waals surface area contributed by atoms with Crippen LogP contribution in [0, 0.1) is 5.92 Å². The maximum atomic E-state index is 10.7. The highest BCUT2D eigenvalue weighted by Crippen LogP contribution is 2.46. The van der Waals surface area contributed by atoms with E-state index in [1.165, 1.54) is 0 Å². The van der Waals surface area contributed by atoms with Crippen molar-refractivity contribution in [2.75, 3.05) is 0 Å². The number of hydrogen-bond acceptors (Lipinski definition) is 2. The molecule has 0 aromatic heterocycles. The van der Waals surface area contributed by atoms with Gasteiger partial charge in [0.1, 0.15) is 0 Å². The minimum atomic E-state index is -0.921. The molecule has 86 valence electrons. The summed E-state index contributed by atoms with van der Waals surface area (Å²) in [5.74, 6) is -1.20. The number of carboxylic acids is 1. The fraction of sp³-hybridized carbons (Fsp3) is 0.462. The van der Waals surface area contributed by atoms with E-state index in [1.54, 1.807) is 0 Å². The summed E-state index contributed by atoms with van der Waals surface area (Å²) in [7, 11) is 0. The minimum absolute atomic E-state index is 0.333. The molecular formula is C13H16O3. The molecule has 0 heterocycles. The lowest BCUT2D eigenvalue weighted by Gasteiger charge is -2.42. The Morgan fingerprint density at radius 2 is 2.06 bits per heavy atom. The van der Waals surface area contributed by atoms with Gasteiger partial charge in [0, 0.05) is 0 Å². The molecule has 2 N–H and O–H groups in total. The average molecular weight is 220 g/mol. The third-order valence-electron chi connectivity index (χ3n) is 3.42. The number of aryl methyl sites for hydroxylation is 1. The first kappa shape index (κ1) is 11.1. The van der Waals surface area contributed by atoms with Crippen molar-refractivity contribution in [1.29, 1.82) is 0 Å².